The fraction of sp³-hybridized carbons (Fsp3) is 0.900. The molecular weight excluding hydrogens is 184 g/mol. The second-order valence-electron chi connectivity index (χ2n) is 3.88. The molecule has 0 amide bonds. The Morgan fingerprint density at radius 3 is 2.57 bits per heavy atom. The normalized spacial score (nSPS) is 34.1. The van der Waals surface area contributed by atoms with E-state index in [-0.39, 0.29) is 11.6 Å². The first kappa shape index (κ1) is 9.93. The standard InChI is InChI=1S/C10H16O4/c1-3-10(8(11)12-2)9(14-10)4-6-13-7-5-9/h3-7H2,1-2H3. The van der Waals surface area contributed by atoms with Gasteiger partial charge < -0.3 is 14.2 Å². The summed E-state index contributed by atoms with van der Waals surface area (Å²) in [6.45, 7) is 3.32. The van der Waals surface area contributed by atoms with Gasteiger partial charge in [-0.1, -0.05) is 6.92 Å². The average Bonchev–Trinajstić information content (AvgIpc) is 2.87. The number of epoxide rings is 1. The van der Waals surface area contributed by atoms with E-state index in [9.17, 15) is 4.79 Å². The Balaban J connectivity index is 2.14. The predicted molar refractivity (Wildman–Crippen MR) is 48.9 cm³/mol. The van der Waals surface area contributed by atoms with Crippen molar-refractivity contribution in [3.05, 3.63) is 0 Å². The summed E-state index contributed by atoms with van der Waals surface area (Å²) in [4.78, 5) is 11.6. The molecule has 2 rings (SSSR count). The van der Waals surface area contributed by atoms with Crippen LogP contribution in [0.5, 0.6) is 0 Å². The SMILES string of the molecule is CCC1(C(=O)OC)OC12CCOCC2. The van der Waals surface area contributed by atoms with E-state index >= 15 is 0 Å². The molecule has 4 nitrogen and oxygen atoms in total. The van der Waals surface area contributed by atoms with Gasteiger partial charge in [-0.15, -0.1) is 0 Å². The van der Waals surface area contributed by atoms with Gasteiger partial charge in [-0.05, 0) is 6.42 Å². The molecule has 2 saturated heterocycles. The summed E-state index contributed by atoms with van der Waals surface area (Å²) in [5.41, 5.74) is -0.960. The average molecular weight is 200 g/mol. The van der Waals surface area contributed by atoms with Crippen molar-refractivity contribution in [3.63, 3.8) is 0 Å². The molecule has 0 aliphatic carbocycles. The second-order valence-corrected chi connectivity index (χ2v) is 3.88. The molecule has 0 N–H and O–H groups in total. The van der Waals surface area contributed by atoms with Gasteiger partial charge in [-0.2, -0.15) is 0 Å². The molecule has 0 aromatic carbocycles. The van der Waals surface area contributed by atoms with Crippen molar-refractivity contribution in [1.29, 1.82) is 0 Å². The third kappa shape index (κ3) is 1.10. The number of hydrogen-bond acceptors (Lipinski definition) is 4. The Bertz CT molecular complexity index is 245. The van der Waals surface area contributed by atoms with Crippen LogP contribution in [0.15, 0.2) is 0 Å². The van der Waals surface area contributed by atoms with Crippen LogP contribution in [0.1, 0.15) is 26.2 Å². The molecule has 0 bridgehead atoms. The molecule has 80 valence electrons. The number of ether oxygens (including phenoxy) is 3. The minimum atomic E-state index is -0.675. The maximum absolute atomic E-state index is 11.6. The Hall–Kier alpha value is -0.610. The largest absolute Gasteiger partial charge is 0.467 e. The van der Waals surface area contributed by atoms with E-state index in [4.69, 9.17) is 14.2 Å². The molecular formula is C10H16O4. The Morgan fingerprint density at radius 1 is 1.43 bits per heavy atom. The number of rotatable bonds is 2. The summed E-state index contributed by atoms with van der Waals surface area (Å²) in [6, 6.07) is 0. The highest BCUT2D eigenvalue weighted by Gasteiger charge is 2.74. The van der Waals surface area contributed by atoms with Crippen molar-refractivity contribution in [2.75, 3.05) is 20.3 Å². The summed E-state index contributed by atoms with van der Waals surface area (Å²) in [6.07, 6.45) is 2.28. The van der Waals surface area contributed by atoms with Crippen LogP contribution in [0.4, 0.5) is 0 Å². The zero-order valence-corrected chi connectivity index (χ0v) is 8.67. The fourth-order valence-corrected chi connectivity index (χ4v) is 2.45. The van der Waals surface area contributed by atoms with Crippen LogP contribution < -0.4 is 0 Å². The van der Waals surface area contributed by atoms with Crippen LogP contribution in [0, 0.1) is 0 Å². The lowest BCUT2D eigenvalue weighted by Crippen LogP contribution is -2.38. The first-order valence-electron chi connectivity index (χ1n) is 5.07. The monoisotopic (exact) mass is 200 g/mol. The van der Waals surface area contributed by atoms with Gasteiger partial charge in [0.05, 0.1) is 7.11 Å². The van der Waals surface area contributed by atoms with Crippen molar-refractivity contribution in [2.24, 2.45) is 0 Å². The molecule has 0 radical (unpaired) electrons. The number of carbonyl (C=O) groups is 1. The minimum absolute atomic E-state index is 0.234. The van der Waals surface area contributed by atoms with E-state index in [2.05, 4.69) is 0 Å². The molecule has 1 spiro atoms. The van der Waals surface area contributed by atoms with Crippen molar-refractivity contribution in [3.8, 4) is 0 Å². The molecule has 2 aliphatic rings. The van der Waals surface area contributed by atoms with Gasteiger partial charge in [0.25, 0.3) is 0 Å². The molecule has 4 heteroatoms. The molecule has 0 saturated carbocycles. The zero-order chi connectivity index (χ0) is 10.2. The van der Waals surface area contributed by atoms with Crippen LogP contribution in [0.2, 0.25) is 0 Å². The van der Waals surface area contributed by atoms with Gasteiger partial charge in [0.2, 0.25) is 0 Å². The van der Waals surface area contributed by atoms with Gasteiger partial charge in [0, 0.05) is 26.1 Å². The first-order valence-corrected chi connectivity index (χ1v) is 5.07. The molecule has 2 fully saturated rings. The van der Waals surface area contributed by atoms with Gasteiger partial charge in [-0.3, -0.25) is 0 Å². The lowest BCUT2D eigenvalue weighted by atomic mass is 9.84. The fourth-order valence-electron chi connectivity index (χ4n) is 2.45. The van der Waals surface area contributed by atoms with Crippen LogP contribution in [-0.4, -0.2) is 37.5 Å². The second kappa shape index (κ2) is 3.21. The predicted octanol–water partition coefficient (Wildman–Crippen LogP) is 0.888. The van der Waals surface area contributed by atoms with Crippen molar-refractivity contribution in [1.82, 2.24) is 0 Å². The number of carbonyl (C=O) groups excluding carboxylic acids is 1. The first-order chi connectivity index (χ1) is 6.71. The summed E-state index contributed by atoms with van der Waals surface area (Å²) < 4.78 is 15.7. The summed E-state index contributed by atoms with van der Waals surface area (Å²) >= 11 is 0. The summed E-state index contributed by atoms with van der Waals surface area (Å²) in [7, 11) is 1.41. The maximum Gasteiger partial charge on any atom is 0.341 e. The number of methoxy groups -OCH3 is 1. The lowest BCUT2D eigenvalue weighted by Gasteiger charge is -2.21. The van der Waals surface area contributed by atoms with Gasteiger partial charge in [0.15, 0.2) is 5.60 Å². The third-order valence-corrected chi connectivity index (χ3v) is 3.38. The van der Waals surface area contributed by atoms with Gasteiger partial charge >= 0.3 is 5.97 Å². The van der Waals surface area contributed by atoms with Crippen LogP contribution in [0.3, 0.4) is 0 Å². The molecule has 1 atom stereocenters. The zero-order valence-electron chi connectivity index (χ0n) is 8.67. The smallest absolute Gasteiger partial charge is 0.341 e. The summed E-state index contributed by atoms with van der Waals surface area (Å²) in [5, 5.41) is 0. The summed E-state index contributed by atoms with van der Waals surface area (Å²) in [5.74, 6) is -0.234. The van der Waals surface area contributed by atoms with E-state index in [0.29, 0.717) is 19.6 Å². The van der Waals surface area contributed by atoms with E-state index < -0.39 is 5.60 Å². The van der Waals surface area contributed by atoms with E-state index in [1.54, 1.807) is 0 Å². The third-order valence-electron chi connectivity index (χ3n) is 3.38. The van der Waals surface area contributed by atoms with E-state index in [1.807, 2.05) is 6.92 Å². The molecule has 0 aromatic heterocycles. The van der Waals surface area contributed by atoms with E-state index in [1.165, 1.54) is 7.11 Å². The number of hydrogen-bond donors (Lipinski definition) is 0. The highest BCUT2D eigenvalue weighted by atomic mass is 16.7. The maximum atomic E-state index is 11.6. The minimum Gasteiger partial charge on any atom is -0.467 e. The quantitative estimate of drug-likeness (QED) is 0.490. The van der Waals surface area contributed by atoms with Crippen molar-refractivity contribution >= 4 is 5.97 Å². The Morgan fingerprint density at radius 2 is 2.07 bits per heavy atom. The Labute approximate surface area is 83.5 Å². The van der Waals surface area contributed by atoms with Crippen LogP contribution in [-0.2, 0) is 19.0 Å². The topological polar surface area (TPSA) is 48.1 Å². The lowest BCUT2D eigenvalue weighted by molar-refractivity contribution is -0.147. The van der Waals surface area contributed by atoms with Crippen molar-refractivity contribution in [2.45, 2.75) is 37.4 Å². The van der Waals surface area contributed by atoms with Gasteiger partial charge in [0.1, 0.15) is 5.60 Å². The Kier molecular flexibility index (Phi) is 2.27. The highest BCUT2D eigenvalue weighted by molar-refractivity contribution is 5.84. The molecule has 2 heterocycles. The highest BCUT2D eigenvalue weighted by Crippen LogP contribution is 2.56. The molecule has 14 heavy (non-hydrogen) atoms. The van der Waals surface area contributed by atoms with Crippen LogP contribution >= 0.6 is 0 Å². The van der Waals surface area contributed by atoms with Crippen LogP contribution in [0.25, 0.3) is 0 Å². The van der Waals surface area contributed by atoms with Gasteiger partial charge in [-0.25, -0.2) is 4.79 Å². The molecule has 2 aliphatic heterocycles. The molecule has 0 aromatic rings. The van der Waals surface area contributed by atoms with E-state index in [0.717, 1.165) is 12.8 Å². The number of esters is 1. The molecule has 1 unspecified atom stereocenters. The van der Waals surface area contributed by atoms with Crippen molar-refractivity contribution < 1.29 is 19.0 Å².